The van der Waals surface area contributed by atoms with Gasteiger partial charge in [0.05, 0.1) is 34.8 Å². The van der Waals surface area contributed by atoms with Gasteiger partial charge in [-0.3, -0.25) is 14.2 Å². The van der Waals surface area contributed by atoms with Gasteiger partial charge in [0.2, 0.25) is 5.91 Å². The van der Waals surface area contributed by atoms with E-state index < -0.39 is 0 Å². The van der Waals surface area contributed by atoms with Crippen LogP contribution < -0.4 is 5.56 Å². The second-order valence-electron chi connectivity index (χ2n) is 6.55. The molecule has 29 heavy (non-hydrogen) atoms. The molecule has 0 spiro atoms. The Morgan fingerprint density at radius 1 is 1.21 bits per heavy atom. The summed E-state index contributed by atoms with van der Waals surface area (Å²) in [5, 5.41) is 9.73. The van der Waals surface area contributed by atoms with Crippen molar-refractivity contribution in [2.75, 3.05) is 19.3 Å². The maximum absolute atomic E-state index is 13.3. The molecule has 0 unspecified atom stereocenters. The molecule has 0 atom stereocenters. The van der Waals surface area contributed by atoms with E-state index in [-0.39, 0.29) is 23.6 Å². The molecule has 0 radical (unpaired) electrons. The standard InChI is InChI=1S/C22H22N4O2S/c1-3-16-9-4-7-12-19(16)26-21(28)17-10-5-6-11-18(17)24-22(26)29-15-20(27)25(2)14-8-13-23/h4-7,9-12H,3,8,14-15H2,1-2H3. The molecular formula is C22H22N4O2S. The average molecular weight is 407 g/mol. The molecule has 148 valence electrons. The highest BCUT2D eigenvalue weighted by Gasteiger charge is 2.17. The molecule has 0 N–H and O–H groups in total. The summed E-state index contributed by atoms with van der Waals surface area (Å²) >= 11 is 1.24. The van der Waals surface area contributed by atoms with E-state index in [1.165, 1.54) is 16.7 Å². The first kappa shape index (κ1) is 20.6. The number of amides is 1. The number of fused-ring (bicyclic) bond motifs is 1. The molecule has 1 aromatic heterocycles. The van der Waals surface area contributed by atoms with E-state index in [0.29, 0.717) is 22.6 Å². The summed E-state index contributed by atoms with van der Waals surface area (Å²) in [6.07, 6.45) is 1.06. The van der Waals surface area contributed by atoms with Crippen molar-refractivity contribution in [3.05, 3.63) is 64.4 Å². The summed E-state index contributed by atoms with van der Waals surface area (Å²) in [4.78, 5) is 31.9. The van der Waals surface area contributed by atoms with Gasteiger partial charge >= 0.3 is 0 Å². The molecule has 0 fully saturated rings. The molecule has 0 bridgehead atoms. The zero-order valence-corrected chi connectivity index (χ0v) is 17.3. The molecule has 0 saturated carbocycles. The number of nitrogens with zero attached hydrogens (tertiary/aromatic N) is 4. The predicted molar refractivity (Wildman–Crippen MR) is 115 cm³/mol. The lowest BCUT2D eigenvalue weighted by atomic mass is 10.1. The summed E-state index contributed by atoms with van der Waals surface area (Å²) in [5.41, 5.74) is 2.27. The predicted octanol–water partition coefficient (Wildman–Crippen LogP) is 3.41. The molecule has 3 rings (SSSR count). The van der Waals surface area contributed by atoms with E-state index in [1.54, 1.807) is 23.7 Å². The number of aryl methyl sites for hydroxylation is 1. The van der Waals surface area contributed by atoms with Gasteiger partial charge in [0.1, 0.15) is 0 Å². The molecule has 0 aliphatic rings. The number of nitriles is 1. The summed E-state index contributed by atoms with van der Waals surface area (Å²) in [5.74, 6) is 0.0315. The summed E-state index contributed by atoms with van der Waals surface area (Å²) in [7, 11) is 1.67. The van der Waals surface area contributed by atoms with Crippen LogP contribution in [0.3, 0.4) is 0 Å². The van der Waals surface area contributed by atoms with Gasteiger partial charge in [0.25, 0.3) is 5.56 Å². The van der Waals surface area contributed by atoms with Crippen LogP contribution in [-0.2, 0) is 11.2 Å². The number of aromatic nitrogens is 2. The highest BCUT2D eigenvalue weighted by Crippen LogP contribution is 2.24. The van der Waals surface area contributed by atoms with E-state index in [1.807, 2.05) is 49.4 Å². The van der Waals surface area contributed by atoms with Crippen LogP contribution >= 0.6 is 11.8 Å². The average Bonchev–Trinajstić information content (AvgIpc) is 2.76. The van der Waals surface area contributed by atoms with Crippen molar-refractivity contribution in [3.8, 4) is 11.8 Å². The Morgan fingerprint density at radius 3 is 2.69 bits per heavy atom. The minimum absolute atomic E-state index is 0.108. The lowest BCUT2D eigenvalue weighted by Gasteiger charge is -2.18. The number of hydrogen-bond donors (Lipinski definition) is 0. The first-order chi connectivity index (χ1) is 14.1. The highest BCUT2D eigenvalue weighted by atomic mass is 32.2. The molecule has 1 amide bonds. The van der Waals surface area contributed by atoms with Crippen molar-refractivity contribution in [2.45, 2.75) is 24.9 Å². The Bertz CT molecular complexity index is 1130. The quantitative estimate of drug-likeness (QED) is 0.444. The third kappa shape index (κ3) is 4.49. The van der Waals surface area contributed by atoms with Gasteiger partial charge in [0.15, 0.2) is 5.16 Å². The normalized spacial score (nSPS) is 10.7. The molecule has 3 aromatic rings. The Balaban J connectivity index is 2.05. The highest BCUT2D eigenvalue weighted by molar-refractivity contribution is 7.99. The van der Waals surface area contributed by atoms with Gasteiger partial charge in [-0.2, -0.15) is 5.26 Å². The Hall–Kier alpha value is -3.11. The molecule has 2 aromatic carbocycles. The van der Waals surface area contributed by atoms with Crippen molar-refractivity contribution in [2.24, 2.45) is 0 Å². The van der Waals surface area contributed by atoms with Crippen LogP contribution in [0.25, 0.3) is 16.6 Å². The third-order valence-corrected chi connectivity index (χ3v) is 5.59. The summed E-state index contributed by atoms with van der Waals surface area (Å²) in [6, 6.07) is 17.0. The van der Waals surface area contributed by atoms with Gasteiger partial charge in [-0.25, -0.2) is 4.98 Å². The second kappa shape index (κ2) is 9.39. The fourth-order valence-electron chi connectivity index (χ4n) is 3.03. The Kier molecular flexibility index (Phi) is 6.68. The van der Waals surface area contributed by atoms with Gasteiger partial charge < -0.3 is 4.90 Å². The van der Waals surface area contributed by atoms with E-state index in [9.17, 15) is 9.59 Å². The van der Waals surface area contributed by atoms with Crippen LogP contribution in [0.1, 0.15) is 18.9 Å². The fraction of sp³-hybridized carbons (Fsp3) is 0.273. The smallest absolute Gasteiger partial charge is 0.266 e. The third-order valence-electron chi connectivity index (χ3n) is 4.67. The maximum atomic E-state index is 13.3. The molecule has 1 heterocycles. The van der Waals surface area contributed by atoms with Gasteiger partial charge in [0, 0.05) is 13.6 Å². The van der Waals surface area contributed by atoms with Crippen LogP contribution in [0.15, 0.2) is 58.5 Å². The fourth-order valence-corrected chi connectivity index (χ4v) is 3.97. The molecule has 7 heteroatoms. The van der Waals surface area contributed by atoms with E-state index in [0.717, 1.165) is 17.7 Å². The molecular weight excluding hydrogens is 384 g/mol. The molecule has 0 aliphatic heterocycles. The Morgan fingerprint density at radius 2 is 1.93 bits per heavy atom. The van der Waals surface area contributed by atoms with Crippen LogP contribution in [-0.4, -0.2) is 39.7 Å². The SMILES string of the molecule is CCc1ccccc1-n1c(SCC(=O)N(C)CCC#N)nc2ccccc2c1=O. The minimum Gasteiger partial charge on any atom is -0.344 e. The van der Waals surface area contributed by atoms with Crippen LogP contribution in [0.4, 0.5) is 0 Å². The monoisotopic (exact) mass is 406 g/mol. The van der Waals surface area contributed by atoms with Crippen LogP contribution in [0.2, 0.25) is 0 Å². The first-order valence-electron chi connectivity index (χ1n) is 9.40. The van der Waals surface area contributed by atoms with Crippen molar-refractivity contribution >= 4 is 28.6 Å². The van der Waals surface area contributed by atoms with Crippen LogP contribution in [0.5, 0.6) is 0 Å². The van der Waals surface area contributed by atoms with E-state index in [4.69, 9.17) is 5.26 Å². The lowest BCUT2D eigenvalue weighted by molar-refractivity contribution is -0.127. The first-order valence-corrected chi connectivity index (χ1v) is 10.4. The lowest BCUT2D eigenvalue weighted by Crippen LogP contribution is -2.29. The van der Waals surface area contributed by atoms with E-state index in [2.05, 4.69) is 4.98 Å². The number of carbonyl (C=O) groups excluding carboxylic acids is 1. The summed E-state index contributed by atoms with van der Waals surface area (Å²) < 4.78 is 1.61. The van der Waals surface area contributed by atoms with Gasteiger partial charge in [-0.1, -0.05) is 49.0 Å². The summed E-state index contributed by atoms with van der Waals surface area (Å²) in [6.45, 7) is 2.42. The number of benzene rings is 2. The van der Waals surface area contributed by atoms with Crippen LogP contribution in [0, 0.1) is 11.3 Å². The van der Waals surface area contributed by atoms with Crippen molar-refractivity contribution in [1.29, 1.82) is 5.26 Å². The zero-order valence-electron chi connectivity index (χ0n) is 16.5. The topological polar surface area (TPSA) is 79.0 Å². The number of rotatable bonds is 7. The van der Waals surface area contributed by atoms with Crippen molar-refractivity contribution in [3.63, 3.8) is 0 Å². The maximum Gasteiger partial charge on any atom is 0.266 e. The number of carbonyl (C=O) groups is 1. The van der Waals surface area contributed by atoms with Gasteiger partial charge in [-0.15, -0.1) is 0 Å². The zero-order chi connectivity index (χ0) is 20.8. The number of para-hydroxylation sites is 2. The van der Waals surface area contributed by atoms with Crippen molar-refractivity contribution < 1.29 is 4.79 Å². The Labute approximate surface area is 173 Å². The minimum atomic E-state index is -0.149. The molecule has 0 aliphatic carbocycles. The number of hydrogen-bond acceptors (Lipinski definition) is 5. The molecule has 6 nitrogen and oxygen atoms in total. The number of thioether (sulfide) groups is 1. The molecule has 0 saturated heterocycles. The van der Waals surface area contributed by atoms with Gasteiger partial charge in [-0.05, 0) is 30.2 Å². The van der Waals surface area contributed by atoms with E-state index >= 15 is 0 Å². The second-order valence-corrected chi connectivity index (χ2v) is 7.49. The van der Waals surface area contributed by atoms with Crippen molar-refractivity contribution in [1.82, 2.24) is 14.5 Å². The largest absolute Gasteiger partial charge is 0.344 e.